The van der Waals surface area contributed by atoms with E-state index in [0.717, 1.165) is 16.4 Å². The molecule has 2 rings (SSSR count). The lowest BCUT2D eigenvalue weighted by Gasteiger charge is -2.20. The number of nitrogens with zero attached hydrogens (tertiary/aromatic N) is 1. The van der Waals surface area contributed by atoms with Crippen LogP contribution in [0.15, 0.2) is 47.4 Å². The van der Waals surface area contributed by atoms with Crippen LogP contribution >= 0.6 is 0 Å². The lowest BCUT2D eigenvalue weighted by atomic mass is 10.3. The van der Waals surface area contributed by atoms with Crippen molar-refractivity contribution in [1.82, 2.24) is 0 Å². The van der Waals surface area contributed by atoms with Crippen LogP contribution in [0, 0.1) is 5.82 Å². The molecular formula is C14H15FN2O3S. The highest BCUT2D eigenvalue weighted by molar-refractivity contribution is 7.92. The zero-order valence-corrected chi connectivity index (χ0v) is 12.4. The summed E-state index contributed by atoms with van der Waals surface area (Å²) in [7, 11) is -1.17. The summed E-state index contributed by atoms with van der Waals surface area (Å²) in [5, 5.41) is 0. The predicted octanol–water partition coefficient (Wildman–Crippen LogP) is 2.24. The Hall–Kier alpha value is -2.28. The molecule has 112 valence electrons. The third-order valence-electron chi connectivity index (χ3n) is 3.03. The largest absolute Gasteiger partial charge is 0.497 e. The summed E-state index contributed by atoms with van der Waals surface area (Å²) in [6.07, 6.45) is 0. The van der Waals surface area contributed by atoms with Crippen molar-refractivity contribution >= 4 is 21.4 Å². The third-order valence-corrected chi connectivity index (χ3v) is 4.83. The van der Waals surface area contributed by atoms with E-state index in [9.17, 15) is 12.8 Å². The fourth-order valence-electron chi connectivity index (χ4n) is 1.80. The first-order chi connectivity index (χ1) is 9.86. The third kappa shape index (κ3) is 2.92. The summed E-state index contributed by atoms with van der Waals surface area (Å²) in [5.41, 5.74) is 6.10. The van der Waals surface area contributed by atoms with Crippen LogP contribution in [-0.2, 0) is 10.0 Å². The number of anilines is 2. The first kappa shape index (κ1) is 15.1. The number of nitrogen functional groups attached to an aromatic ring is 1. The second-order valence-corrected chi connectivity index (χ2v) is 6.30. The van der Waals surface area contributed by atoms with Crippen LogP contribution in [0.4, 0.5) is 15.8 Å². The Bertz CT molecular complexity index is 745. The van der Waals surface area contributed by atoms with Crippen molar-refractivity contribution in [2.45, 2.75) is 4.90 Å². The van der Waals surface area contributed by atoms with Crippen molar-refractivity contribution in [2.75, 3.05) is 24.2 Å². The van der Waals surface area contributed by atoms with Gasteiger partial charge in [-0.1, -0.05) is 0 Å². The van der Waals surface area contributed by atoms with Gasteiger partial charge in [-0.05, 0) is 42.5 Å². The number of rotatable bonds is 4. The average molecular weight is 310 g/mol. The highest BCUT2D eigenvalue weighted by Crippen LogP contribution is 2.26. The topological polar surface area (TPSA) is 72.6 Å². The maximum Gasteiger partial charge on any atom is 0.267 e. The number of ether oxygens (including phenoxy) is 1. The molecule has 21 heavy (non-hydrogen) atoms. The number of sulfonamides is 1. The van der Waals surface area contributed by atoms with Crippen LogP contribution in [0.25, 0.3) is 0 Å². The molecule has 0 spiro atoms. The molecule has 0 heterocycles. The standard InChI is InChI=1S/C14H15FN2O3S/c1-17(11-4-6-12(20-2)7-5-11)21(18,19)14-9-10(16)3-8-13(14)15/h3-9H,16H2,1-2H3. The van der Waals surface area contributed by atoms with Crippen LogP contribution < -0.4 is 14.8 Å². The van der Waals surface area contributed by atoms with Crippen molar-refractivity contribution in [3.05, 3.63) is 48.3 Å². The molecule has 0 aliphatic rings. The molecule has 0 aromatic heterocycles. The second kappa shape index (κ2) is 5.61. The molecule has 5 nitrogen and oxygen atoms in total. The fourth-order valence-corrected chi connectivity index (χ4v) is 3.09. The lowest BCUT2D eigenvalue weighted by Crippen LogP contribution is -2.27. The Labute approximate surface area is 122 Å². The van der Waals surface area contributed by atoms with Crippen molar-refractivity contribution in [3.8, 4) is 5.75 Å². The van der Waals surface area contributed by atoms with Gasteiger partial charge in [0.15, 0.2) is 0 Å². The van der Waals surface area contributed by atoms with Gasteiger partial charge in [0.25, 0.3) is 10.0 Å². The molecule has 0 atom stereocenters. The number of hydrogen-bond acceptors (Lipinski definition) is 4. The highest BCUT2D eigenvalue weighted by atomic mass is 32.2. The Balaban J connectivity index is 2.44. The molecular weight excluding hydrogens is 295 g/mol. The van der Waals surface area contributed by atoms with E-state index in [1.807, 2.05) is 0 Å². The van der Waals surface area contributed by atoms with Crippen molar-refractivity contribution < 1.29 is 17.5 Å². The average Bonchev–Trinajstić information content (AvgIpc) is 2.49. The van der Waals surface area contributed by atoms with Gasteiger partial charge in [0.2, 0.25) is 0 Å². The van der Waals surface area contributed by atoms with E-state index in [1.54, 1.807) is 24.3 Å². The normalized spacial score (nSPS) is 11.2. The summed E-state index contributed by atoms with van der Waals surface area (Å²) in [6, 6.07) is 9.83. The maximum absolute atomic E-state index is 13.8. The van der Waals surface area contributed by atoms with Crippen LogP contribution in [-0.4, -0.2) is 22.6 Å². The monoisotopic (exact) mass is 310 g/mol. The van der Waals surface area contributed by atoms with Gasteiger partial charge in [-0.15, -0.1) is 0 Å². The number of hydrogen-bond donors (Lipinski definition) is 1. The SMILES string of the molecule is COc1ccc(N(C)S(=O)(=O)c2cc(N)ccc2F)cc1. The Morgan fingerprint density at radius 2 is 1.76 bits per heavy atom. The number of methoxy groups -OCH3 is 1. The quantitative estimate of drug-likeness (QED) is 0.879. The smallest absolute Gasteiger partial charge is 0.267 e. The molecule has 2 aromatic rings. The van der Waals surface area contributed by atoms with Crippen LogP contribution in [0.5, 0.6) is 5.75 Å². The number of nitrogens with two attached hydrogens (primary N) is 1. The fraction of sp³-hybridized carbons (Fsp3) is 0.143. The van der Waals surface area contributed by atoms with E-state index < -0.39 is 20.7 Å². The maximum atomic E-state index is 13.8. The Morgan fingerprint density at radius 3 is 2.33 bits per heavy atom. The first-order valence-electron chi connectivity index (χ1n) is 6.04. The minimum Gasteiger partial charge on any atom is -0.497 e. The Kier molecular flexibility index (Phi) is 4.04. The second-order valence-electron chi connectivity index (χ2n) is 4.36. The molecule has 0 unspecified atom stereocenters. The molecule has 7 heteroatoms. The van der Waals surface area contributed by atoms with E-state index in [1.165, 1.54) is 20.2 Å². The molecule has 2 aromatic carbocycles. The van der Waals surface area contributed by atoms with Crippen molar-refractivity contribution in [3.63, 3.8) is 0 Å². The van der Waals surface area contributed by atoms with Gasteiger partial charge in [0, 0.05) is 12.7 Å². The minimum atomic E-state index is -4.03. The first-order valence-corrected chi connectivity index (χ1v) is 7.48. The van der Waals surface area contributed by atoms with Crippen LogP contribution in [0.3, 0.4) is 0 Å². The number of halogens is 1. The molecule has 0 amide bonds. The van der Waals surface area contributed by atoms with E-state index in [4.69, 9.17) is 10.5 Å². The zero-order valence-electron chi connectivity index (χ0n) is 11.6. The molecule has 0 fully saturated rings. The molecule has 0 radical (unpaired) electrons. The van der Waals surface area contributed by atoms with Gasteiger partial charge in [-0.2, -0.15) is 0 Å². The number of benzene rings is 2. The molecule has 0 bridgehead atoms. The molecule has 0 aliphatic heterocycles. The van der Waals surface area contributed by atoms with E-state index in [-0.39, 0.29) is 5.69 Å². The van der Waals surface area contributed by atoms with Gasteiger partial charge in [-0.3, -0.25) is 4.31 Å². The summed E-state index contributed by atoms with van der Waals surface area (Å²) in [5.74, 6) is -0.246. The van der Waals surface area contributed by atoms with Crippen LogP contribution in [0.2, 0.25) is 0 Å². The highest BCUT2D eigenvalue weighted by Gasteiger charge is 2.25. The lowest BCUT2D eigenvalue weighted by molar-refractivity contribution is 0.415. The molecule has 0 aliphatic carbocycles. The molecule has 0 saturated carbocycles. The minimum absolute atomic E-state index is 0.179. The van der Waals surface area contributed by atoms with E-state index in [0.29, 0.717) is 11.4 Å². The Morgan fingerprint density at radius 1 is 1.14 bits per heavy atom. The molecule has 0 saturated heterocycles. The summed E-state index contributed by atoms with van der Waals surface area (Å²) >= 11 is 0. The van der Waals surface area contributed by atoms with E-state index >= 15 is 0 Å². The summed E-state index contributed by atoms with van der Waals surface area (Å²) in [4.78, 5) is -0.458. The summed E-state index contributed by atoms with van der Waals surface area (Å²) < 4.78 is 44.7. The van der Waals surface area contributed by atoms with Gasteiger partial charge in [0.05, 0.1) is 12.8 Å². The summed E-state index contributed by atoms with van der Waals surface area (Å²) in [6.45, 7) is 0. The van der Waals surface area contributed by atoms with Gasteiger partial charge < -0.3 is 10.5 Å². The predicted molar refractivity (Wildman–Crippen MR) is 79.4 cm³/mol. The van der Waals surface area contributed by atoms with E-state index in [2.05, 4.69) is 0 Å². The van der Waals surface area contributed by atoms with Crippen molar-refractivity contribution in [2.24, 2.45) is 0 Å². The van der Waals surface area contributed by atoms with Crippen molar-refractivity contribution in [1.29, 1.82) is 0 Å². The van der Waals surface area contributed by atoms with Gasteiger partial charge in [-0.25, -0.2) is 12.8 Å². The van der Waals surface area contributed by atoms with Crippen LogP contribution in [0.1, 0.15) is 0 Å². The zero-order chi connectivity index (χ0) is 15.6. The van der Waals surface area contributed by atoms with Gasteiger partial charge in [0.1, 0.15) is 16.5 Å². The molecule has 2 N–H and O–H groups in total. The van der Waals surface area contributed by atoms with Gasteiger partial charge >= 0.3 is 0 Å².